The molecule has 2 saturated heterocycles. The third-order valence-corrected chi connectivity index (χ3v) is 10.4. The number of nitrogens with zero attached hydrogens (tertiary/aromatic N) is 7. The summed E-state index contributed by atoms with van der Waals surface area (Å²) in [6, 6.07) is 11.8. The number of Topliss-reactive ketones (excluding diaryl/α,β-unsaturated/α-hetero) is 1. The summed E-state index contributed by atoms with van der Waals surface area (Å²) in [6.07, 6.45) is 8.48. The van der Waals surface area contributed by atoms with Crippen LogP contribution in [0.1, 0.15) is 65.6 Å². The molecule has 16 heteroatoms. The molecule has 2 aliphatic heterocycles. The lowest BCUT2D eigenvalue weighted by molar-refractivity contribution is -0.126. The van der Waals surface area contributed by atoms with Gasteiger partial charge in [0.2, 0.25) is 5.82 Å². The molecule has 0 saturated carbocycles. The number of piperidine rings is 2. The lowest BCUT2D eigenvalue weighted by Crippen LogP contribution is -2.40. The first-order valence-corrected chi connectivity index (χ1v) is 19.6. The number of amides is 2. The van der Waals surface area contributed by atoms with Gasteiger partial charge in [-0.25, -0.2) is 9.97 Å². The van der Waals surface area contributed by atoms with Crippen molar-refractivity contribution in [2.24, 2.45) is 5.92 Å². The summed E-state index contributed by atoms with van der Waals surface area (Å²) in [5.41, 5.74) is 2.94. The summed E-state index contributed by atoms with van der Waals surface area (Å²) in [7, 11) is 1.46. The van der Waals surface area contributed by atoms with Crippen LogP contribution in [0.2, 0.25) is 0 Å². The van der Waals surface area contributed by atoms with Gasteiger partial charge >= 0.3 is 0 Å². The number of fused-ring (bicyclic) bond motifs is 1. The smallest absolute Gasteiger partial charge is 0.295 e. The topological polar surface area (TPSA) is 190 Å². The molecule has 0 aliphatic carbocycles. The van der Waals surface area contributed by atoms with E-state index in [1.807, 2.05) is 37.3 Å². The SMILES string of the molecule is CCOCCOCCOCCC1CCN(CCNC(=O)c2ncn(-c3ncc(OC)c4c(C(=O)C(=O)N5CCC(=C(C#N)c6ccccc6)CC5)c[nH]c34)n2)CC1. The van der Waals surface area contributed by atoms with Crippen LogP contribution in [0.15, 0.2) is 54.6 Å². The van der Waals surface area contributed by atoms with Crippen LogP contribution in [0.3, 0.4) is 0 Å². The van der Waals surface area contributed by atoms with Gasteiger partial charge in [-0.1, -0.05) is 30.3 Å². The largest absolute Gasteiger partial charge is 0.494 e. The van der Waals surface area contributed by atoms with Gasteiger partial charge in [0.1, 0.15) is 12.1 Å². The average molecular weight is 782 g/mol. The van der Waals surface area contributed by atoms with Crippen LogP contribution in [0, 0.1) is 17.2 Å². The molecule has 4 aromatic rings. The molecule has 2 aliphatic rings. The van der Waals surface area contributed by atoms with Gasteiger partial charge in [0.05, 0.1) is 67.8 Å². The van der Waals surface area contributed by atoms with Gasteiger partial charge in [0, 0.05) is 45.6 Å². The molecule has 57 heavy (non-hydrogen) atoms. The Morgan fingerprint density at radius 3 is 2.39 bits per heavy atom. The molecule has 0 atom stereocenters. The summed E-state index contributed by atoms with van der Waals surface area (Å²) >= 11 is 0. The van der Waals surface area contributed by atoms with E-state index in [9.17, 15) is 19.6 Å². The number of methoxy groups -OCH3 is 1. The molecule has 5 heterocycles. The lowest BCUT2D eigenvalue weighted by atomic mass is 9.93. The minimum atomic E-state index is -0.699. The number of hydrogen-bond donors (Lipinski definition) is 2. The molecule has 2 amide bonds. The number of aromatic nitrogens is 5. The van der Waals surface area contributed by atoms with E-state index in [0.29, 0.717) is 93.7 Å². The van der Waals surface area contributed by atoms with Crippen molar-refractivity contribution in [3.05, 3.63) is 71.6 Å². The van der Waals surface area contributed by atoms with Crippen LogP contribution in [0.25, 0.3) is 22.3 Å². The molecule has 0 spiro atoms. The second-order valence-electron chi connectivity index (χ2n) is 13.9. The highest BCUT2D eigenvalue weighted by molar-refractivity contribution is 6.45. The van der Waals surface area contributed by atoms with Crippen LogP contribution < -0.4 is 10.1 Å². The fraction of sp³-hybridized carbons (Fsp3) is 0.488. The zero-order valence-electron chi connectivity index (χ0n) is 32.7. The number of nitrogens with one attached hydrogen (secondary N) is 2. The van der Waals surface area contributed by atoms with Crippen molar-refractivity contribution in [3.8, 4) is 17.6 Å². The Morgan fingerprint density at radius 1 is 0.965 bits per heavy atom. The number of ketones is 1. The Morgan fingerprint density at radius 2 is 1.68 bits per heavy atom. The van der Waals surface area contributed by atoms with Gasteiger partial charge in [-0.3, -0.25) is 14.4 Å². The van der Waals surface area contributed by atoms with Crippen molar-refractivity contribution in [1.82, 2.24) is 39.8 Å². The number of nitriles is 1. The van der Waals surface area contributed by atoms with Crippen molar-refractivity contribution in [1.29, 1.82) is 5.26 Å². The monoisotopic (exact) mass is 781 g/mol. The molecule has 0 bridgehead atoms. The van der Waals surface area contributed by atoms with Crippen LogP contribution in [0.5, 0.6) is 5.75 Å². The fourth-order valence-corrected chi connectivity index (χ4v) is 7.26. The van der Waals surface area contributed by atoms with Gasteiger partial charge < -0.3 is 39.0 Å². The first-order chi connectivity index (χ1) is 27.9. The molecule has 0 unspecified atom stereocenters. The number of H-pyrrole nitrogens is 1. The molecule has 0 radical (unpaired) electrons. The number of carbonyl (C=O) groups excluding carboxylic acids is 3. The second-order valence-corrected chi connectivity index (χ2v) is 13.9. The summed E-state index contributed by atoms with van der Waals surface area (Å²) in [4.78, 5) is 55.9. The third-order valence-electron chi connectivity index (χ3n) is 10.4. The maximum Gasteiger partial charge on any atom is 0.295 e. The number of hydrogen-bond acceptors (Lipinski definition) is 12. The maximum absolute atomic E-state index is 13.7. The standard InChI is InChI=1S/C41H51N9O7/c1-3-55-21-22-57-24-23-56-20-13-29-9-15-48(16-10-29)19-14-43-40(52)38-46-28-50(47-38)39-36-35(34(54-2)27-45-39)33(26-44-36)37(51)41(53)49-17-11-31(12-18-49)32(25-42)30-7-5-4-6-8-30/h4-8,26-29,44H,3,9-24H2,1-2H3,(H,43,52). The zero-order chi connectivity index (χ0) is 40.0. The number of allylic oxidation sites excluding steroid dienone is 1. The number of pyridine rings is 1. The molecular formula is C41H51N9O7. The molecule has 302 valence electrons. The predicted octanol–water partition coefficient (Wildman–Crippen LogP) is 3.84. The number of aromatic amines is 1. The average Bonchev–Trinajstić information content (AvgIpc) is 3.93. The van der Waals surface area contributed by atoms with Gasteiger partial charge in [-0.05, 0) is 69.2 Å². The lowest BCUT2D eigenvalue weighted by Gasteiger charge is -2.31. The van der Waals surface area contributed by atoms with Crippen molar-refractivity contribution < 1.29 is 33.3 Å². The van der Waals surface area contributed by atoms with Crippen LogP contribution >= 0.6 is 0 Å². The Labute approximate surface area is 332 Å². The molecule has 1 aromatic carbocycles. The molecule has 16 nitrogen and oxygen atoms in total. The molecular weight excluding hydrogens is 731 g/mol. The summed E-state index contributed by atoms with van der Waals surface area (Å²) in [5, 5.41) is 17.5. The Kier molecular flexibility index (Phi) is 14.9. The number of carbonyl (C=O) groups is 3. The third kappa shape index (κ3) is 10.5. The minimum absolute atomic E-state index is 0.0254. The van der Waals surface area contributed by atoms with Crippen molar-refractivity contribution in [3.63, 3.8) is 0 Å². The van der Waals surface area contributed by atoms with E-state index in [0.717, 1.165) is 56.6 Å². The van der Waals surface area contributed by atoms with E-state index in [-0.39, 0.29) is 17.2 Å². The fourth-order valence-electron chi connectivity index (χ4n) is 7.26. The molecule has 6 rings (SSSR count). The van der Waals surface area contributed by atoms with Crippen LogP contribution in [0.4, 0.5) is 0 Å². The quantitative estimate of drug-likeness (QED) is 0.0606. The Hall–Kier alpha value is -5.47. The highest BCUT2D eigenvalue weighted by Gasteiger charge is 2.30. The van der Waals surface area contributed by atoms with E-state index in [2.05, 4.69) is 36.3 Å². The van der Waals surface area contributed by atoms with Gasteiger partial charge in [-0.15, -0.1) is 5.10 Å². The van der Waals surface area contributed by atoms with Gasteiger partial charge in [0.15, 0.2) is 5.82 Å². The normalized spacial score (nSPS) is 15.1. The first-order valence-electron chi connectivity index (χ1n) is 19.6. The van der Waals surface area contributed by atoms with E-state index in [4.69, 9.17) is 18.9 Å². The summed E-state index contributed by atoms with van der Waals surface area (Å²) in [6.45, 7) is 9.51. The number of ether oxygens (including phenoxy) is 4. The predicted molar refractivity (Wildman–Crippen MR) is 211 cm³/mol. The van der Waals surface area contributed by atoms with Crippen LogP contribution in [-0.4, -0.2) is 138 Å². The number of rotatable bonds is 19. The van der Waals surface area contributed by atoms with E-state index < -0.39 is 17.6 Å². The van der Waals surface area contributed by atoms with Crippen molar-refractivity contribution >= 4 is 34.1 Å². The van der Waals surface area contributed by atoms with Gasteiger partial charge in [0.25, 0.3) is 17.6 Å². The molecule has 2 fully saturated rings. The highest BCUT2D eigenvalue weighted by atomic mass is 16.5. The molecule has 2 N–H and O–H groups in total. The van der Waals surface area contributed by atoms with Crippen molar-refractivity contribution in [2.75, 3.05) is 86.0 Å². The number of benzene rings is 1. The van der Waals surface area contributed by atoms with Crippen molar-refractivity contribution in [2.45, 2.75) is 39.0 Å². The number of likely N-dealkylation sites (tertiary alicyclic amines) is 2. The minimum Gasteiger partial charge on any atom is -0.494 e. The highest BCUT2D eigenvalue weighted by Crippen LogP contribution is 2.33. The summed E-state index contributed by atoms with van der Waals surface area (Å²) in [5.74, 6) is -0.582. The van der Waals surface area contributed by atoms with Crippen LogP contribution in [-0.2, 0) is 19.0 Å². The maximum atomic E-state index is 13.7. The van der Waals surface area contributed by atoms with E-state index >= 15 is 0 Å². The first kappa shape index (κ1) is 41.2. The van der Waals surface area contributed by atoms with Gasteiger partial charge in [-0.2, -0.15) is 9.94 Å². The Balaban J connectivity index is 0.989. The summed E-state index contributed by atoms with van der Waals surface area (Å²) < 4.78 is 23.4. The Bertz CT molecular complexity index is 2040. The zero-order valence-corrected chi connectivity index (χ0v) is 32.7. The second kappa shape index (κ2) is 20.6. The van der Waals surface area contributed by atoms with E-state index in [1.54, 1.807) is 0 Å². The van der Waals surface area contributed by atoms with E-state index in [1.165, 1.54) is 35.4 Å². The molecule has 3 aromatic heterocycles.